The van der Waals surface area contributed by atoms with Crippen LogP contribution in [0.5, 0.6) is 0 Å². The average molecular weight is 403 g/mol. The van der Waals surface area contributed by atoms with Crippen molar-refractivity contribution in [2.24, 2.45) is 5.92 Å². The van der Waals surface area contributed by atoms with Crippen molar-refractivity contribution in [1.82, 2.24) is 0 Å². The number of rotatable bonds is 6. The first-order valence-corrected chi connectivity index (χ1v) is 10.5. The quantitative estimate of drug-likeness (QED) is 0.427. The summed E-state index contributed by atoms with van der Waals surface area (Å²) in [6, 6.07) is 14.1. The molecular weight excluding hydrogens is 375 g/mol. The van der Waals surface area contributed by atoms with Gasteiger partial charge in [-0.15, -0.1) is 0 Å². The summed E-state index contributed by atoms with van der Waals surface area (Å²) in [5, 5.41) is 0. The van der Waals surface area contributed by atoms with Crippen molar-refractivity contribution in [1.29, 1.82) is 0 Å². The molecule has 0 aliphatic heterocycles. The van der Waals surface area contributed by atoms with E-state index in [9.17, 15) is 4.39 Å². The monoisotopic (exact) mass is 402 g/mol. The lowest BCUT2D eigenvalue weighted by Gasteiger charge is -2.29. The Bertz CT molecular complexity index is 669. The smallest absolute Gasteiger partial charge is 0.137 e. The lowest BCUT2D eigenvalue weighted by atomic mass is 9.77. The van der Waals surface area contributed by atoms with Crippen LogP contribution in [-0.2, 0) is 0 Å². The molecule has 3 rings (SSSR count). The van der Waals surface area contributed by atoms with E-state index in [2.05, 4.69) is 47.1 Å². The molecule has 0 bridgehead atoms. The van der Waals surface area contributed by atoms with Gasteiger partial charge in [0, 0.05) is 0 Å². The zero-order valence-electron chi connectivity index (χ0n) is 15.1. The maximum absolute atomic E-state index is 13.7. The van der Waals surface area contributed by atoms with Crippen molar-refractivity contribution in [3.05, 3.63) is 58.3 Å². The summed E-state index contributed by atoms with van der Waals surface area (Å²) in [6.45, 7) is 2.28. The third kappa shape index (κ3) is 4.94. The second-order valence-electron chi connectivity index (χ2n) is 7.46. The summed E-state index contributed by atoms with van der Waals surface area (Å²) in [4.78, 5) is 0. The van der Waals surface area contributed by atoms with Crippen molar-refractivity contribution in [2.75, 3.05) is 0 Å². The topological polar surface area (TPSA) is 0 Å². The van der Waals surface area contributed by atoms with Gasteiger partial charge in [0.2, 0.25) is 0 Å². The minimum Gasteiger partial charge on any atom is -0.206 e. The molecule has 134 valence electrons. The van der Waals surface area contributed by atoms with Gasteiger partial charge in [0.05, 0.1) is 4.47 Å². The van der Waals surface area contributed by atoms with Crippen LogP contribution in [0.2, 0.25) is 0 Å². The van der Waals surface area contributed by atoms with Crippen molar-refractivity contribution in [3.8, 4) is 11.1 Å². The SMILES string of the molecule is CCCCCC1CCC(c2ccc(-c3ccc(Br)c(F)c3)cc2)CC1. The maximum atomic E-state index is 13.7. The molecule has 2 heteroatoms. The first kappa shape index (κ1) is 18.6. The molecule has 0 heterocycles. The van der Waals surface area contributed by atoms with E-state index >= 15 is 0 Å². The average Bonchev–Trinajstić information content (AvgIpc) is 2.65. The Morgan fingerprint density at radius 2 is 1.60 bits per heavy atom. The standard InChI is InChI=1S/C23H28BrF/c1-2-3-4-5-17-6-8-18(9-7-17)19-10-12-20(13-11-19)21-14-15-22(24)23(25)16-21/h10-18H,2-9H2,1H3. The molecular formula is C23H28BrF. The van der Waals surface area contributed by atoms with Crippen molar-refractivity contribution in [3.63, 3.8) is 0 Å². The number of hydrogen-bond donors (Lipinski definition) is 0. The van der Waals surface area contributed by atoms with Gasteiger partial charge < -0.3 is 0 Å². The summed E-state index contributed by atoms with van der Waals surface area (Å²) in [6.07, 6.45) is 11.0. The van der Waals surface area contributed by atoms with E-state index in [0.717, 1.165) is 17.0 Å². The van der Waals surface area contributed by atoms with Crippen LogP contribution in [-0.4, -0.2) is 0 Å². The number of benzene rings is 2. The Labute approximate surface area is 160 Å². The van der Waals surface area contributed by atoms with Crippen molar-refractivity contribution < 1.29 is 4.39 Å². The predicted molar refractivity (Wildman–Crippen MR) is 108 cm³/mol. The first-order chi connectivity index (χ1) is 12.2. The third-order valence-corrected chi connectivity index (χ3v) is 6.34. The highest BCUT2D eigenvalue weighted by Crippen LogP contribution is 2.38. The lowest BCUT2D eigenvalue weighted by Crippen LogP contribution is -2.13. The molecule has 2 aromatic rings. The van der Waals surface area contributed by atoms with Gasteiger partial charge in [-0.1, -0.05) is 62.9 Å². The molecule has 0 radical (unpaired) electrons. The van der Waals surface area contributed by atoms with Gasteiger partial charge in [-0.2, -0.15) is 0 Å². The van der Waals surface area contributed by atoms with Gasteiger partial charge in [-0.3, -0.25) is 0 Å². The van der Waals surface area contributed by atoms with Gasteiger partial charge in [0.25, 0.3) is 0 Å². The molecule has 0 spiro atoms. The second-order valence-corrected chi connectivity index (χ2v) is 8.32. The van der Waals surface area contributed by atoms with Crippen molar-refractivity contribution >= 4 is 15.9 Å². The number of hydrogen-bond acceptors (Lipinski definition) is 0. The molecule has 0 atom stereocenters. The molecule has 0 nitrogen and oxygen atoms in total. The molecule has 25 heavy (non-hydrogen) atoms. The van der Waals surface area contributed by atoms with E-state index in [1.807, 2.05) is 6.07 Å². The summed E-state index contributed by atoms with van der Waals surface area (Å²) in [5.41, 5.74) is 3.48. The molecule has 1 fully saturated rings. The molecule has 0 unspecified atom stereocenters. The Kier molecular flexibility index (Phi) is 6.70. The lowest BCUT2D eigenvalue weighted by molar-refractivity contribution is 0.303. The molecule has 0 aromatic heterocycles. The van der Waals surface area contributed by atoms with Crippen LogP contribution in [0.25, 0.3) is 11.1 Å². The van der Waals surface area contributed by atoms with E-state index < -0.39 is 0 Å². The fourth-order valence-electron chi connectivity index (χ4n) is 4.09. The molecule has 1 aliphatic carbocycles. The molecule has 2 aromatic carbocycles. The highest BCUT2D eigenvalue weighted by Gasteiger charge is 2.22. The van der Waals surface area contributed by atoms with Crippen molar-refractivity contribution in [2.45, 2.75) is 64.2 Å². The summed E-state index contributed by atoms with van der Waals surface area (Å²) in [5.74, 6) is 1.45. The summed E-state index contributed by atoms with van der Waals surface area (Å²) in [7, 11) is 0. The molecule has 0 N–H and O–H groups in total. The normalized spacial score (nSPS) is 20.6. The molecule has 1 saturated carbocycles. The molecule has 0 saturated heterocycles. The van der Waals surface area contributed by atoms with Gasteiger partial charge in [-0.25, -0.2) is 4.39 Å². The van der Waals surface area contributed by atoms with Crippen LogP contribution < -0.4 is 0 Å². The highest BCUT2D eigenvalue weighted by molar-refractivity contribution is 9.10. The third-order valence-electron chi connectivity index (χ3n) is 5.70. The fourth-order valence-corrected chi connectivity index (χ4v) is 4.34. The Balaban J connectivity index is 1.59. The molecule has 0 amide bonds. The van der Waals surface area contributed by atoms with Gasteiger partial charge >= 0.3 is 0 Å². The van der Waals surface area contributed by atoms with Gasteiger partial charge in [-0.05, 0) is 82.3 Å². The molecule has 1 aliphatic rings. The maximum Gasteiger partial charge on any atom is 0.137 e. The van der Waals surface area contributed by atoms with Crippen LogP contribution in [0.1, 0.15) is 69.8 Å². The zero-order valence-corrected chi connectivity index (χ0v) is 16.7. The Hall–Kier alpha value is -1.15. The fraction of sp³-hybridized carbons (Fsp3) is 0.478. The minimum absolute atomic E-state index is 0.206. The van der Waals surface area contributed by atoms with Gasteiger partial charge in [0.15, 0.2) is 0 Å². The van der Waals surface area contributed by atoms with E-state index in [4.69, 9.17) is 0 Å². The van der Waals surface area contributed by atoms with Crippen LogP contribution >= 0.6 is 15.9 Å². The van der Waals surface area contributed by atoms with E-state index in [0.29, 0.717) is 10.4 Å². The van der Waals surface area contributed by atoms with Crippen LogP contribution in [0.15, 0.2) is 46.9 Å². The largest absolute Gasteiger partial charge is 0.206 e. The van der Waals surface area contributed by atoms with Crippen LogP contribution in [0.4, 0.5) is 4.39 Å². The second kappa shape index (κ2) is 8.98. The number of halogens is 2. The zero-order chi connectivity index (χ0) is 17.6. The van der Waals surface area contributed by atoms with Crippen LogP contribution in [0, 0.1) is 11.7 Å². The van der Waals surface area contributed by atoms with Crippen LogP contribution in [0.3, 0.4) is 0 Å². The minimum atomic E-state index is -0.206. The van der Waals surface area contributed by atoms with E-state index in [1.54, 1.807) is 12.1 Å². The predicted octanol–water partition coefficient (Wildman–Crippen LogP) is 8.11. The number of unbranched alkanes of at least 4 members (excludes halogenated alkanes) is 2. The first-order valence-electron chi connectivity index (χ1n) is 9.72. The summed E-state index contributed by atoms with van der Waals surface area (Å²) < 4.78 is 14.3. The van der Waals surface area contributed by atoms with Gasteiger partial charge in [0.1, 0.15) is 5.82 Å². The Morgan fingerprint density at radius 3 is 2.24 bits per heavy atom. The highest BCUT2D eigenvalue weighted by atomic mass is 79.9. The van der Waals surface area contributed by atoms with E-state index in [-0.39, 0.29) is 5.82 Å². The summed E-state index contributed by atoms with van der Waals surface area (Å²) >= 11 is 3.22. The van der Waals surface area contributed by atoms with E-state index in [1.165, 1.54) is 56.9 Å². The Morgan fingerprint density at radius 1 is 0.920 bits per heavy atom.